The fourth-order valence-corrected chi connectivity index (χ4v) is 5.02. The van der Waals surface area contributed by atoms with E-state index in [0.717, 1.165) is 24.1 Å². The molecule has 0 spiro atoms. The Hall–Kier alpha value is -1.14. The van der Waals surface area contributed by atoms with Crippen LogP contribution in [0.1, 0.15) is 61.3 Å². The number of aryl methyl sites for hydroxylation is 1. The lowest BCUT2D eigenvalue weighted by atomic mass is 9.79. The molecule has 25 heavy (non-hydrogen) atoms. The van der Waals surface area contributed by atoms with E-state index in [1.165, 1.54) is 69.3 Å². The van der Waals surface area contributed by atoms with Crippen molar-refractivity contribution >= 4 is 17.3 Å². The molecule has 1 aromatic heterocycles. The predicted octanol–water partition coefficient (Wildman–Crippen LogP) is 3.31. The molecule has 0 aromatic carbocycles. The number of aromatic nitrogens is 1. The molecular formula is C19H33N5S. The lowest BCUT2D eigenvalue weighted by molar-refractivity contribution is 0.0368. The number of aliphatic imine (C=N–C) groups is 1. The first-order chi connectivity index (χ1) is 12.2. The van der Waals surface area contributed by atoms with Crippen LogP contribution in [-0.4, -0.2) is 48.1 Å². The van der Waals surface area contributed by atoms with Crippen molar-refractivity contribution in [1.29, 1.82) is 0 Å². The molecule has 1 aliphatic heterocycles. The number of guanidine groups is 1. The number of piperidine rings is 1. The SMILES string of the molecule is CN=C(NCc1ncc(C)s1)NCC1(N2CCCCC2)CCCCC1. The van der Waals surface area contributed by atoms with Gasteiger partial charge in [0.1, 0.15) is 5.01 Å². The molecule has 0 unspecified atom stereocenters. The summed E-state index contributed by atoms with van der Waals surface area (Å²) in [4.78, 5) is 12.9. The van der Waals surface area contributed by atoms with Crippen LogP contribution in [0.3, 0.4) is 0 Å². The van der Waals surface area contributed by atoms with E-state index in [1.54, 1.807) is 11.3 Å². The van der Waals surface area contributed by atoms with Crippen LogP contribution in [0, 0.1) is 6.92 Å². The van der Waals surface area contributed by atoms with Crippen LogP contribution in [0.4, 0.5) is 0 Å². The third kappa shape index (κ3) is 4.94. The average molecular weight is 364 g/mol. The Balaban J connectivity index is 1.57. The maximum absolute atomic E-state index is 4.42. The highest BCUT2D eigenvalue weighted by atomic mass is 32.1. The van der Waals surface area contributed by atoms with Gasteiger partial charge in [-0.25, -0.2) is 4.98 Å². The van der Waals surface area contributed by atoms with Gasteiger partial charge < -0.3 is 10.6 Å². The highest BCUT2D eigenvalue weighted by Crippen LogP contribution is 2.35. The molecule has 0 amide bonds. The number of hydrogen-bond acceptors (Lipinski definition) is 4. The summed E-state index contributed by atoms with van der Waals surface area (Å²) in [5.74, 6) is 0.898. The third-order valence-corrected chi connectivity index (χ3v) is 6.61. The second kappa shape index (κ2) is 8.99. The maximum atomic E-state index is 4.42. The molecule has 1 saturated carbocycles. The summed E-state index contributed by atoms with van der Waals surface area (Å²) in [5, 5.41) is 8.17. The van der Waals surface area contributed by atoms with E-state index in [1.807, 2.05) is 13.2 Å². The third-order valence-electron chi connectivity index (χ3n) is 5.70. The van der Waals surface area contributed by atoms with Crippen LogP contribution < -0.4 is 10.6 Å². The summed E-state index contributed by atoms with van der Waals surface area (Å²) in [5.41, 5.74) is 0.327. The van der Waals surface area contributed by atoms with E-state index in [4.69, 9.17) is 0 Å². The van der Waals surface area contributed by atoms with Crippen molar-refractivity contribution in [2.75, 3.05) is 26.7 Å². The van der Waals surface area contributed by atoms with E-state index in [2.05, 4.69) is 32.4 Å². The van der Waals surface area contributed by atoms with Gasteiger partial charge in [0, 0.05) is 30.2 Å². The Morgan fingerprint density at radius 2 is 1.88 bits per heavy atom. The molecule has 1 aliphatic carbocycles. The summed E-state index contributed by atoms with van der Waals surface area (Å²) in [6, 6.07) is 0. The Kier molecular flexibility index (Phi) is 6.70. The molecule has 2 fully saturated rings. The van der Waals surface area contributed by atoms with Gasteiger partial charge in [-0.2, -0.15) is 0 Å². The number of likely N-dealkylation sites (tertiary alicyclic amines) is 1. The topological polar surface area (TPSA) is 52.6 Å². The summed E-state index contributed by atoms with van der Waals surface area (Å²) >= 11 is 1.74. The smallest absolute Gasteiger partial charge is 0.191 e. The Bertz CT molecular complexity index is 556. The van der Waals surface area contributed by atoms with Crippen molar-refractivity contribution in [3.63, 3.8) is 0 Å². The largest absolute Gasteiger partial charge is 0.355 e. The quantitative estimate of drug-likeness (QED) is 0.622. The van der Waals surface area contributed by atoms with Crippen LogP contribution in [0.5, 0.6) is 0 Å². The molecule has 0 radical (unpaired) electrons. The van der Waals surface area contributed by atoms with E-state index < -0.39 is 0 Å². The van der Waals surface area contributed by atoms with Gasteiger partial charge >= 0.3 is 0 Å². The number of thiazole rings is 1. The Morgan fingerprint density at radius 1 is 1.16 bits per heavy atom. The molecule has 0 atom stereocenters. The van der Waals surface area contributed by atoms with Gasteiger partial charge in [-0.1, -0.05) is 25.7 Å². The number of rotatable bonds is 5. The lowest BCUT2D eigenvalue weighted by Gasteiger charge is -2.48. The molecule has 0 bridgehead atoms. The van der Waals surface area contributed by atoms with Crippen molar-refractivity contribution in [3.8, 4) is 0 Å². The monoisotopic (exact) mass is 363 g/mol. The zero-order chi connectivity index (χ0) is 17.5. The molecule has 3 rings (SSSR count). The molecular weight excluding hydrogens is 330 g/mol. The second-order valence-electron chi connectivity index (χ2n) is 7.48. The highest BCUT2D eigenvalue weighted by molar-refractivity contribution is 7.11. The lowest BCUT2D eigenvalue weighted by Crippen LogP contribution is -2.59. The summed E-state index contributed by atoms with van der Waals surface area (Å²) in [6.45, 7) is 6.39. The zero-order valence-electron chi connectivity index (χ0n) is 15.8. The number of nitrogens with zero attached hydrogens (tertiary/aromatic N) is 3. The molecule has 2 aliphatic rings. The van der Waals surface area contributed by atoms with Gasteiger partial charge in [-0.3, -0.25) is 9.89 Å². The van der Waals surface area contributed by atoms with Crippen molar-refractivity contribution in [2.45, 2.75) is 70.4 Å². The maximum Gasteiger partial charge on any atom is 0.191 e. The van der Waals surface area contributed by atoms with Crippen molar-refractivity contribution < 1.29 is 0 Å². The first kappa shape index (κ1) is 18.6. The standard InChI is InChI=1S/C19H33N5S/c1-16-13-21-17(25-16)14-22-18(20-2)23-15-19(9-5-3-6-10-19)24-11-7-4-8-12-24/h13H,3-12,14-15H2,1-2H3,(H2,20,22,23). The van der Waals surface area contributed by atoms with Gasteiger partial charge in [0.25, 0.3) is 0 Å². The van der Waals surface area contributed by atoms with E-state index >= 15 is 0 Å². The van der Waals surface area contributed by atoms with Crippen molar-refractivity contribution in [3.05, 3.63) is 16.1 Å². The van der Waals surface area contributed by atoms with E-state index in [9.17, 15) is 0 Å². The van der Waals surface area contributed by atoms with Crippen LogP contribution in [0.25, 0.3) is 0 Å². The minimum Gasteiger partial charge on any atom is -0.355 e. The minimum absolute atomic E-state index is 0.327. The molecule has 2 N–H and O–H groups in total. The first-order valence-corrected chi connectivity index (χ1v) is 10.6. The van der Waals surface area contributed by atoms with Crippen LogP contribution in [0.15, 0.2) is 11.2 Å². The Morgan fingerprint density at radius 3 is 2.52 bits per heavy atom. The van der Waals surface area contributed by atoms with Crippen molar-refractivity contribution in [1.82, 2.24) is 20.5 Å². The van der Waals surface area contributed by atoms with Gasteiger partial charge in [-0.15, -0.1) is 11.3 Å². The van der Waals surface area contributed by atoms with Gasteiger partial charge in [0.2, 0.25) is 0 Å². The minimum atomic E-state index is 0.327. The second-order valence-corrected chi connectivity index (χ2v) is 8.80. The number of hydrogen-bond donors (Lipinski definition) is 2. The fourth-order valence-electron chi connectivity index (χ4n) is 4.29. The molecule has 1 aromatic rings. The Labute approximate surface area is 156 Å². The molecule has 5 nitrogen and oxygen atoms in total. The molecule has 6 heteroatoms. The summed E-state index contributed by atoms with van der Waals surface area (Å²) < 4.78 is 0. The zero-order valence-corrected chi connectivity index (χ0v) is 16.6. The van der Waals surface area contributed by atoms with E-state index in [0.29, 0.717) is 5.54 Å². The normalized spacial score (nSPS) is 21.9. The molecule has 140 valence electrons. The summed E-state index contributed by atoms with van der Waals surface area (Å²) in [6.07, 6.45) is 12.8. The van der Waals surface area contributed by atoms with Crippen molar-refractivity contribution in [2.24, 2.45) is 4.99 Å². The van der Waals surface area contributed by atoms with Gasteiger partial charge in [0.15, 0.2) is 5.96 Å². The number of nitrogens with one attached hydrogen (secondary N) is 2. The van der Waals surface area contributed by atoms with Crippen LogP contribution in [0.2, 0.25) is 0 Å². The average Bonchev–Trinajstić information content (AvgIpc) is 3.08. The predicted molar refractivity (Wildman–Crippen MR) is 106 cm³/mol. The van der Waals surface area contributed by atoms with Gasteiger partial charge in [-0.05, 0) is 45.7 Å². The first-order valence-electron chi connectivity index (χ1n) is 9.83. The summed E-state index contributed by atoms with van der Waals surface area (Å²) in [7, 11) is 1.86. The highest BCUT2D eigenvalue weighted by Gasteiger charge is 2.38. The molecule has 1 saturated heterocycles. The van der Waals surface area contributed by atoms with Gasteiger partial charge in [0.05, 0.1) is 6.54 Å². The van der Waals surface area contributed by atoms with Crippen LogP contribution >= 0.6 is 11.3 Å². The van der Waals surface area contributed by atoms with E-state index in [-0.39, 0.29) is 0 Å². The fraction of sp³-hybridized carbons (Fsp3) is 0.789. The van der Waals surface area contributed by atoms with Crippen LogP contribution in [-0.2, 0) is 6.54 Å². The molecule has 2 heterocycles.